The molecule has 1 aromatic heterocycles. The molecule has 0 atom stereocenters. The van der Waals surface area contributed by atoms with Crippen LogP contribution < -0.4 is 5.73 Å². The summed E-state index contributed by atoms with van der Waals surface area (Å²) in [5.41, 5.74) is 7.21. The zero-order valence-corrected chi connectivity index (χ0v) is 13.3. The highest BCUT2D eigenvalue weighted by molar-refractivity contribution is 7.80. The molecule has 0 bridgehead atoms. The van der Waals surface area contributed by atoms with E-state index in [4.69, 9.17) is 18.0 Å². The minimum atomic E-state index is -0.362. The van der Waals surface area contributed by atoms with Gasteiger partial charge in [-0.2, -0.15) is 0 Å². The Bertz CT molecular complexity index is 522. The molecule has 1 fully saturated rings. The number of ether oxygens (including phenoxy) is 1. The van der Waals surface area contributed by atoms with Crippen molar-refractivity contribution >= 4 is 23.2 Å². The van der Waals surface area contributed by atoms with Crippen LogP contribution in [0, 0.1) is 5.41 Å². The smallest absolute Gasteiger partial charge is 0.339 e. The second-order valence-corrected chi connectivity index (χ2v) is 6.17. The Kier molecular flexibility index (Phi) is 4.90. The van der Waals surface area contributed by atoms with Gasteiger partial charge in [-0.15, -0.1) is 0 Å². The van der Waals surface area contributed by atoms with Crippen molar-refractivity contribution in [2.45, 2.75) is 26.3 Å². The number of methoxy groups -OCH3 is 1. The van der Waals surface area contributed by atoms with E-state index in [1.165, 1.54) is 7.11 Å². The number of esters is 1. The number of likely N-dealkylation sites (tertiary alicyclic amines) is 1. The van der Waals surface area contributed by atoms with Gasteiger partial charge in [-0.25, -0.2) is 4.79 Å². The second kappa shape index (κ2) is 6.49. The normalized spacial score (nSPS) is 18.2. The fourth-order valence-corrected chi connectivity index (χ4v) is 2.64. The maximum Gasteiger partial charge on any atom is 0.339 e. The quantitative estimate of drug-likeness (QED) is 0.675. The summed E-state index contributed by atoms with van der Waals surface area (Å²) in [5, 5.41) is 0. The number of piperidine rings is 1. The van der Waals surface area contributed by atoms with Crippen LogP contribution in [-0.2, 0) is 11.3 Å². The number of carbonyl (C=O) groups excluding carboxylic acids is 1. The first-order chi connectivity index (χ1) is 9.94. The summed E-state index contributed by atoms with van der Waals surface area (Å²) in [4.78, 5) is 18.6. The third-order valence-corrected chi connectivity index (χ3v) is 4.68. The van der Waals surface area contributed by atoms with Crippen molar-refractivity contribution in [3.05, 3.63) is 29.6 Å². The molecule has 0 spiro atoms. The molecule has 0 saturated carbocycles. The van der Waals surface area contributed by atoms with E-state index >= 15 is 0 Å². The van der Waals surface area contributed by atoms with Crippen LogP contribution in [0.5, 0.6) is 0 Å². The van der Waals surface area contributed by atoms with Crippen LogP contribution in [-0.4, -0.2) is 41.0 Å². The van der Waals surface area contributed by atoms with Gasteiger partial charge in [-0.1, -0.05) is 19.1 Å². The van der Waals surface area contributed by atoms with E-state index in [9.17, 15) is 4.79 Å². The lowest BCUT2D eigenvalue weighted by Crippen LogP contribution is -2.44. The van der Waals surface area contributed by atoms with Gasteiger partial charge in [0.2, 0.25) is 0 Å². The summed E-state index contributed by atoms with van der Waals surface area (Å²) in [6.45, 7) is 4.81. The van der Waals surface area contributed by atoms with Crippen molar-refractivity contribution < 1.29 is 9.53 Å². The Morgan fingerprint density at radius 1 is 1.48 bits per heavy atom. The molecule has 0 amide bonds. The molecule has 2 heterocycles. The largest absolute Gasteiger partial charge is 0.465 e. The molecule has 0 radical (unpaired) electrons. The average molecular weight is 307 g/mol. The Morgan fingerprint density at radius 2 is 2.14 bits per heavy atom. The molecule has 1 saturated heterocycles. The zero-order chi connectivity index (χ0) is 15.5. The fraction of sp³-hybridized carbons (Fsp3) is 0.533. The number of thiocarbonyl (C=S) groups is 1. The minimum Gasteiger partial charge on any atom is -0.465 e. The standard InChI is InChI=1S/C15H21N3O2S/c1-15(14(16)21)5-7-18(8-6-15)10-12-4-3-11(9-17-12)13(19)20-2/h3-4,9H,5-8,10H2,1-2H3,(H2,16,21). The average Bonchev–Trinajstić information content (AvgIpc) is 2.49. The lowest BCUT2D eigenvalue weighted by atomic mass is 9.80. The highest BCUT2D eigenvalue weighted by atomic mass is 32.1. The van der Waals surface area contributed by atoms with E-state index in [0.717, 1.165) is 38.2 Å². The summed E-state index contributed by atoms with van der Waals surface area (Å²) in [7, 11) is 1.36. The van der Waals surface area contributed by atoms with E-state index in [2.05, 4.69) is 21.5 Å². The third kappa shape index (κ3) is 3.77. The van der Waals surface area contributed by atoms with Gasteiger partial charge in [-0.05, 0) is 38.1 Å². The molecule has 0 aromatic carbocycles. The van der Waals surface area contributed by atoms with E-state index in [1.807, 2.05) is 6.07 Å². The minimum absolute atomic E-state index is 0.0198. The molecule has 1 aromatic rings. The SMILES string of the molecule is COC(=O)c1ccc(CN2CCC(C)(C(N)=S)CC2)nc1. The van der Waals surface area contributed by atoms with Crippen molar-refractivity contribution in [2.24, 2.45) is 11.1 Å². The van der Waals surface area contributed by atoms with Crippen molar-refractivity contribution in [1.82, 2.24) is 9.88 Å². The fourth-order valence-electron chi connectivity index (χ4n) is 2.44. The van der Waals surface area contributed by atoms with E-state index in [0.29, 0.717) is 10.6 Å². The van der Waals surface area contributed by atoms with Crippen LogP contribution in [0.25, 0.3) is 0 Å². The zero-order valence-electron chi connectivity index (χ0n) is 12.5. The summed E-state index contributed by atoms with van der Waals surface area (Å²) in [6, 6.07) is 3.62. The monoisotopic (exact) mass is 307 g/mol. The van der Waals surface area contributed by atoms with E-state index < -0.39 is 0 Å². The van der Waals surface area contributed by atoms with Gasteiger partial charge in [0.1, 0.15) is 0 Å². The Labute approximate surface area is 130 Å². The van der Waals surface area contributed by atoms with Gasteiger partial charge >= 0.3 is 5.97 Å². The van der Waals surface area contributed by atoms with Gasteiger partial charge in [0.05, 0.1) is 23.4 Å². The van der Waals surface area contributed by atoms with Crippen molar-refractivity contribution in [2.75, 3.05) is 20.2 Å². The molecular formula is C15H21N3O2S. The summed E-state index contributed by atoms with van der Waals surface area (Å²) in [5.74, 6) is -0.362. The van der Waals surface area contributed by atoms with Crippen molar-refractivity contribution in [1.29, 1.82) is 0 Å². The maximum atomic E-state index is 11.4. The Morgan fingerprint density at radius 3 is 2.62 bits per heavy atom. The van der Waals surface area contributed by atoms with Crippen molar-refractivity contribution in [3.63, 3.8) is 0 Å². The van der Waals surface area contributed by atoms with Gasteiger partial charge in [0.25, 0.3) is 0 Å². The van der Waals surface area contributed by atoms with Crippen LogP contribution in [0.2, 0.25) is 0 Å². The highest BCUT2D eigenvalue weighted by Gasteiger charge is 2.32. The van der Waals surface area contributed by atoms with Crippen LogP contribution in [0.1, 0.15) is 35.8 Å². The first-order valence-electron chi connectivity index (χ1n) is 7.00. The number of hydrogen-bond donors (Lipinski definition) is 1. The number of carbonyl (C=O) groups is 1. The Hall–Kier alpha value is -1.53. The van der Waals surface area contributed by atoms with E-state index in [-0.39, 0.29) is 11.4 Å². The van der Waals surface area contributed by atoms with Gasteiger partial charge in [0, 0.05) is 18.2 Å². The predicted octanol–water partition coefficient (Wildman–Crippen LogP) is 1.76. The topological polar surface area (TPSA) is 68.5 Å². The highest BCUT2D eigenvalue weighted by Crippen LogP contribution is 2.31. The van der Waals surface area contributed by atoms with Crippen LogP contribution >= 0.6 is 12.2 Å². The molecule has 0 unspecified atom stereocenters. The first kappa shape index (κ1) is 15.9. The van der Waals surface area contributed by atoms with Gasteiger partial charge in [0.15, 0.2) is 0 Å². The number of nitrogens with two attached hydrogens (primary N) is 1. The van der Waals surface area contributed by atoms with Gasteiger partial charge < -0.3 is 10.5 Å². The van der Waals surface area contributed by atoms with Crippen LogP contribution in [0.3, 0.4) is 0 Å². The van der Waals surface area contributed by atoms with Crippen molar-refractivity contribution in [3.8, 4) is 0 Å². The van der Waals surface area contributed by atoms with Crippen LogP contribution in [0.4, 0.5) is 0 Å². The van der Waals surface area contributed by atoms with E-state index in [1.54, 1.807) is 12.3 Å². The Balaban J connectivity index is 1.92. The van der Waals surface area contributed by atoms with Crippen LogP contribution in [0.15, 0.2) is 18.3 Å². The molecule has 5 nitrogen and oxygen atoms in total. The second-order valence-electron chi connectivity index (χ2n) is 5.73. The lowest BCUT2D eigenvalue weighted by Gasteiger charge is -2.38. The molecule has 21 heavy (non-hydrogen) atoms. The number of rotatable bonds is 4. The summed E-state index contributed by atoms with van der Waals surface area (Å²) in [6.07, 6.45) is 3.51. The van der Waals surface area contributed by atoms with Gasteiger partial charge in [-0.3, -0.25) is 9.88 Å². The summed E-state index contributed by atoms with van der Waals surface area (Å²) >= 11 is 5.15. The molecule has 114 valence electrons. The number of pyridine rings is 1. The summed E-state index contributed by atoms with van der Waals surface area (Å²) < 4.78 is 4.66. The maximum absolute atomic E-state index is 11.4. The molecule has 1 aliphatic heterocycles. The molecule has 1 aliphatic rings. The number of nitrogens with zero attached hydrogens (tertiary/aromatic N) is 2. The first-order valence-corrected chi connectivity index (χ1v) is 7.41. The molecule has 6 heteroatoms. The number of hydrogen-bond acceptors (Lipinski definition) is 5. The molecule has 2 rings (SSSR count). The molecule has 0 aliphatic carbocycles. The molecular weight excluding hydrogens is 286 g/mol. The molecule has 2 N–H and O–H groups in total. The lowest BCUT2D eigenvalue weighted by molar-refractivity contribution is 0.0600. The predicted molar refractivity (Wildman–Crippen MR) is 85.0 cm³/mol. The number of aromatic nitrogens is 1. The third-order valence-electron chi connectivity index (χ3n) is 4.19.